The van der Waals surface area contributed by atoms with Crippen molar-refractivity contribution >= 4 is 17.5 Å². The Morgan fingerprint density at radius 2 is 1.87 bits per heavy atom. The summed E-state index contributed by atoms with van der Waals surface area (Å²) in [4.78, 5) is 27.7. The average molecular weight is 424 g/mol. The number of likely N-dealkylation sites (tertiary alicyclic amines) is 1. The van der Waals surface area contributed by atoms with Crippen molar-refractivity contribution in [2.45, 2.75) is 32.7 Å². The van der Waals surface area contributed by atoms with Gasteiger partial charge in [-0.2, -0.15) is 0 Å². The lowest BCUT2D eigenvalue weighted by atomic mass is 9.99. The summed E-state index contributed by atoms with van der Waals surface area (Å²) < 4.78 is 5.00. The number of anilines is 1. The minimum Gasteiger partial charge on any atom is -0.385 e. The first-order valence-electron chi connectivity index (χ1n) is 11.1. The predicted octanol–water partition coefficient (Wildman–Crippen LogP) is 3.94. The Labute approximate surface area is 185 Å². The Morgan fingerprint density at radius 1 is 1.10 bits per heavy atom. The lowest BCUT2D eigenvalue weighted by Gasteiger charge is -2.30. The van der Waals surface area contributed by atoms with Crippen molar-refractivity contribution in [2.75, 3.05) is 38.7 Å². The maximum Gasteiger partial charge on any atom is 0.255 e. The molecular formula is C25H33N3O3. The number of ether oxygens (including phenoxy) is 1. The number of hydrogen-bond donors (Lipinski definition) is 2. The number of para-hydroxylation sites is 1. The van der Waals surface area contributed by atoms with E-state index in [4.69, 9.17) is 4.74 Å². The minimum absolute atomic E-state index is 0.210. The van der Waals surface area contributed by atoms with Crippen LogP contribution in [0.15, 0.2) is 48.5 Å². The predicted molar refractivity (Wildman–Crippen MR) is 123 cm³/mol. The van der Waals surface area contributed by atoms with Crippen molar-refractivity contribution in [3.8, 4) is 0 Å². The molecule has 166 valence electrons. The highest BCUT2D eigenvalue weighted by atomic mass is 16.5. The first kappa shape index (κ1) is 23.0. The molecule has 1 unspecified atom stereocenters. The highest BCUT2D eigenvalue weighted by Gasteiger charge is 2.17. The van der Waals surface area contributed by atoms with Gasteiger partial charge in [0.2, 0.25) is 0 Å². The van der Waals surface area contributed by atoms with Crippen LogP contribution in [0.3, 0.4) is 0 Å². The molecule has 0 bridgehead atoms. The lowest BCUT2D eigenvalue weighted by molar-refractivity contribution is 0.0949. The summed E-state index contributed by atoms with van der Waals surface area (Å²) in [5.41, 5.74) is 2.74. The van der Waals surface area contributed by atoms with Gasteiger partial charge in [0.05, 0.1) is 11.3 Å². The van der Waals surface area contributed by atoms with Crippen LogP contribution in [0.5, 0.6) is 0 Å². The molecule has 0 saturated carbocycles. The summed E-state index contributed by atoms with van der Waals surface area (Å²) in [7, 11) is 1.63. The van der Waals surface area contributed by atoms with Crippen LogP contribution < -0.4 is 10.6 Å². The molecule has 6 nitrogen and oxygen atoms in total. The third kappa shape index (κ3) is 6.91. The van der Waals surface area contributed by atoms with Gasteiger partial charge in [0.15, 0.2) is 0 Å². The third-order valence-corrected chi connectivity index (χ3v) is 5.59. The van der Waals surface area contributed by atoms with Gasteiger partial charge in [-0.05, 0) is 61.6 Å². The normalized spacial score (nSPS) is 16.6. The van der Waals surface area contributed by atoms with E-state index in [-0.39, 0.29) is 11.8 Å². The van der Waals surface area contributed by atoms with E-state index in [0.717, 1.165) is 32.0 Å². The third-order valence-electron chi connectivity index (χ3n) is 5.59. The van der Waals surface area contributed by atoms with Crippen LogP contribution in [-0.4, -0.2) is 50.1 Å². The fraction of sp³-hybridized carbons (Fsp3) is 0.440. The van der Waals surface area contributed by atoms with Crippen molar-refractivity contribution in [2.24, 2.45) is 5.92 Å². The number of benzene rings is 2. The summed E-state index contributed by atoms with van der Waals surface area (Å²) in [6.07, 6.45) is 3.29. The maximum atomic E-state index is 12.8. The minimum atomic E-state index is -0.224. The Hall–Kier alpha value is -2.70. The van der Waals surface area contributed by atoms with Gasteiger partial charge in [0.25, 0.3) is 11.8 Å². The second-order valence-corrected chi connectivity index (χ2v) is 8.28. The molecule has 0 aliphatic carbocycles. The zero-order valence-electron chi connectivity index (χ0n) is 18.5. The summed E-state index contributed by atoms with van der Waals surface area (Å²) in [6, 6.07) is 14.8. The van der Waals surface area contributed by atoms with Gasteiger partial charge >= 0.3 is 0 Å². The number of amides is 2. The molecule has 2 aromatic rings. The van der Waals surface area contributed by atoms with Crippen LogP contribution in [0.4, 0.5) is 5.69 Å². The van der Waals surface area contributed by atoms with Crippen molar-refractivity contribution < 1.29 is 14.3 Å². The van der Waals surface area contributed by atoms with Gasteiger partial charge in [-0.25, -0.2) is 0 Å². The van der Waals surface area contributed by atoms with E-state index in [1.54, 1.807) is 31.4 Å². The van der Waals surface area contributed by atoms with Crippen LogP contribution in [0.2, 0.25) is 0 Å². The average Bonchev–Trinajstić information content (AvgIpc) is 2.77. The molecule has 2 N–H and O–H groups in total. The quantitative estimate of drug-likeness (QED) is 0.600. The molecule has 0 radical (unpaired) electrons. The van der Waals surface area contributed by atoms with Gasteiger partial charge in [-0.1, -0.05) is 31.2 Å². The Morgan fingerprint density at radius 3 is 2.61 bits per heavy atom. The zero-order valence-corrected chi connectivity index (χ0v) is 18.5. The molecule has 31 heavy (non-hydrogen) atoms. The molecule has 1 saturated heterocycles. The topological polar surface area (TPSA) is 70.7 Å². The number of carbonyl (C=O) groups excluding carboxylic acids is 2. The second-order valence-electron chi connectivity index (χ2n) is 8.28. The molecule has 1 atom stereocenters. The number of nitrogens with zero attached hydrogens (tertiary/aromatic N) is 1. The van der Waals surface area contributed by atoms with Crippen molar-refractivity contribution in [3.63, 3.8) is 0 Å². The van der Waals surface area contributed by atoms with Gasteiger partial charge in [0.1, 0.15) is 0 Å². The van der Waals surface area contributed by atoms with Crippen molar-refractivity contribution in [1.29, 1.82) is 0 Å². The first-order valence-corrected chi connectivity index (χ1v) is 11.1. The number of carbonyl (C=O) groups is 2. The van der Waals surface area contributed by atoms with E-state index in [0.29, 0.717) is 30.0 Å². The van der Waals surface area contributed by atoms with Crippen LogP contribution in [0.1, 0.15) is 52.5 Å². The number of nitrogens with one attached hydrogen (secondary N) is 2. The number of methoxy groups -OCH3 is 1. The van der Waals surface area contributed by atoms with Gasteiger partial charge in [-0.15, -0.1) is 0 Å². The highest BCUT2D eigenvalue weighted by Crippen LogP contribution is 2.19. The molecule has 6 heteroatoms. The molecule has 1 fully saturated rings. The van der Waals surface area contributed by atoms with Gasteiger partial charge in [0, 0.05) is 38.9 Å². The Balaban J connectivity index is 1.59. The maximum absolute atomic E-state index is 12.8. The lowest BCUT2D eigenvalue weighted by Crippen LogP contribution is -2.33. The smallest absolute Gasteiger partial charge is 0.255 e. The summed E-state index contributed by atoms with van der Waals surface area (Å²) in [5, 5.41) is 5.74. The Bertz CT molecular complexity index is 867. The standard InChI is InChI=1S/C25H33N3O3/c1-19-7-5-15-28(17-19)18-20-10-12-21(13-11-20)24(29)27-23-9-4-3-8-22(23)25(30)26-14-6-16-31-2/h3-4,8-13,19H,5-7,14-18H2,1-2H3,(H,26,30)(H,27,29). The molecule has 1 heterocycles. The van der Waals surface area contributed by atoms with Crippen molar-refractivity contribution in [3.05, 3.63) is 65.2 Å². The molecular weight excluding hydrogens is 390 g/mol. The van der Waals surface area contributed by atoms with Crippen LogP contribution >= 0.6 is 0 Å². The van der Waals surface area contributed by atoms with Crippen LogP contribution in [-0.2, 0) is 11.3 Å². The fourth-order valence-corrected chi connectivity index (χ4v) is 3.95. The largest absolute Gasteiger partial charge is 0.385 e. The second kappa shape index (κ2) is 11.6. The molecule has 3 rings (SSSR count). The van der Waals surface area contributed by atoms with Crippen LogP contribution in [0, 0.1) is 5.92 Å². The van der Waals surface area contributed by atoms with E-state index in [1.165, 1.54) is 18.4 Å². The molecule has 2 amide bonds. The van der Waals surface area contributed by atoms with Crippen LogP contribution in [0.25, 0.3) is 0 Å². The van der Waals surface area contributed by atoms with Crippen molar-refractivity contribution in [1.82, 2.24) is 10.2 Å². The number of hydrogen-bond acceptors (Lipinski definition) is 4. The Kier molecular flexibility index (Phi) is 8.62. The molecule has 2 aromatic carbocycles. The van der Waals surface area contributed by atoms with E-state index in [1.807, 2.05) is 24.3 Å². The summed E-state index contributed by atoms with van der Waals surface area (Å²) in [6.45, 7) is 6.59. The summed E-state index contributed by atoms with van der Waals surface area (Å²) in [5.74, 6) is 0.312. The van der Waals surface area contributed by atoms with Gasteiger partial charge < -0.3 is 15.4 Å². The van der Waals surface area contributed by atoms with E-state index >= 15 is 0 Å². The number of rotatable bonds is 9. The highest BCUT2D eigenvalue weighted by molar-refractivity contribution is 6.09. The molecule has 1 aliphatic rings. The molecule has 0 spiro atoms. The van der Waals surface area contributed by atoms with Gasteiger partial charge in [-0.3, -0.25) is 14.5 Å². The first-order chi connectivity index (χ1) is 15.1. The monoisotopic (exact) mass is 423 g/mol. The number of piperidine rings is 1. The zero-order chi connectivity index (χ0) is 22.1. The van der Waals surface area contributed by atoms with E-state index in [9.17, 15) is 9.59 Å². The fourth-order valence-electron chi connectivity index (χ4n) is 3.95. The SMILES string of the molecule is COCCCNC(=O)c1ccccc1NC(=O)c1ccc(CN2CCCC(C)C2)cc1. The van der Waals surface area contributed by atoms with E-state index < -0.39 is 0 Å². The molecule has 0 aromatic heterocycles. The molecule has 1 aliphatic heterocycles. The summed E-state index contributed by atoms with van der Waals surface area (Å²) >= 11 is 0. The van der Waals surface area contributed by atoms with E-state index in [2.05, 4.69) is 22.5 Å².